The van der Waals surface area contributed by atoms with Crippen LogP contribution in [0.5, 0.6) is 0 Å². The second-order valence-corrected chi connectivity index (χ2v) is 31.2. The zero-order valence-electron chi connectivity index (χ0n) is 57.1. The fraction of sp³-hybridized carbons (Fsp3) is 0.881. The molecule has 2 saturated carbocycles. The number of nitrogens with zero attached hydrogens (tertiary/aromatic N) is 2. The van der Waals surface area contributed by atoms with Crippen molar-refractivity contribution in [2.24, 2.45) is 102 Å². The molecule has 2 atom stereocenters. The number of unbranched alkanes of at least 4 members (excludes halogenated alkanes) is 4. The molecule has 1 aromatic carbocycles. The molecule has 2 fully saturated rings. The average molecular weight is 1480 g/mol. The van der Waals surface area contributed by atoms with Crippen LogP contribution >= 0.6 is 50.2 Å². The maximum Gasteiger partial charge on any atom is 0.286 e. The summed E-state index contributed by atoms with van der Waals surface area (Å²) in [5.74, 6) is 2.25. The number of rotatable bonds is 30. The van der Waals surface area contributed by atoms with Gasteiger partial charge in [0.15, 0.2) is 0 Å². The van der Waals surface area contributed by atoms with Gasteiger partial charge in [0.25, 0.3) is 13.4 Å². The van der Waals surface area contributed by atoms with Crippen molar-refractivity contribution in [3.63, 3.8) is 0 Å². The highest BCUT2D eigenvalue weighted by atomic mass is 127. The number of carbonyl (C=O) groups excluding carboxylic acids is 1. The van der Waals surface area contributed by atoms with Gasteiger partial charge < -0.3 is 73.2 Å². The van der Waals surface area contributed by atoms with E-state index in [1.54, 1.807) is 6.08 Å². The number of aliphatic imine (C=N–C) groups is 1. The molecule has 0 aliphatic heterocycles. The molecule has 2 aliphatic rings. The highest BCUT2D eigenvalue weighted by Gasteiger charge is 2.35. The van der Waals surface area contributed by atoms with Crippen LogP contribution < -0.4 is 68.5 Å². The molecule has 521 valence electrons. The van der Waals surface area contributed by atoms with E-state index in [0.717, 1.165) is 148 Å². The van der Waals surface area contributed by atoms with Gasteiger partial charge in [0.05, 0.1) is 6.04 Å². The molecule has 0 heterocycles. The van der Waals surface area contributed by atoms with E-state index in [1.807, 2.05) is 28.8 Å². The second kappa shape index (κ2) is 64.1. The lowest BCUT2D eigenvalue weighted by molar-refractivity contribution is 0.0915. The van der Waals surface area contributed by atoms with Crippen LogP contribution in [0.2, 0.25) is 0 Å². The number of halogens is 2. The Hall–Kier alpha value is -0.635. The first kappa shape index (κ1) is 99.9. The van der Waals surface area contributed by atoms with Gasteiger partial charge in [0, 0.05) is 14.5 Å². The van der Waals surface area contributed by atoms with Crippen molar-refractivity contribution in [1.29, 1.82) is 5.26 Å². The van der Waals surface area contributed by atoms with Gasteiger partial charge in [-0.15, -0.1) is 0 Å². The summed E-state index contributed by atoms with van der Waals surface area (Å²) in [6.45, 7) is 36.1. The van der Waals surface area contributed by atoms with E-state index in [1.165, 1.54) is 88.0 Å². The number of alkyl halides is 1. The van der Waals surface area contributed by atoms with Gasteiger partial charge in [-0.2, -0.15) is 5.26 Å². The van der Waals surface area contributed by atoms with Crippen molar-refractivity contribution in [2.45, 2.75) is 281 Å². The van der Waals surface area contributed by atoms with E-state index in [-0.39, 0.29) is 61.5 Å². The Bertz CT molecular complexity index is 1660. The molecule has 1 radical (unpaired) electrons. The van der Waals surface area contributed by atoms with Gasteiger partial charge in [-0.1, -0.05) is 159 Å². The van der Waals surface area contributed by atoms with Crippen molar-refractivity contribution in [1.82, 2.24) is 0 Å². The predicted molar refractivity (Wildman–Crippen MR) is 409 cm³/mol. The molecule has 20 heteroatoms. The standard InChI is InChI=1S/C30H56N2.C15H22N2O2.2C6H16N2.C4H12N2.C2H8N2.CH3I.3CH4.BH4IN2P/c1-26(2,3)23-18-24(29(8,9)21-27(4,5)14-12-16-31)20-25(19-23)30(10,11)22-28(6,7)15-13-17-32;16-10-19-15-7-3-13(4-8-15)9-12-1-5-14(6-2-12)17-11-18;1-6(5-8)3-2-4-7;7-5-3-1-2-4-6-8;5-3-1-2-4-6;3-1-2-4;1-2;;;;2-5(4)1-3/h18-20H,12-17,21-22,31-32H2,1-11H3;12-15H,1-9H2;6H,2-5,7-8H2,1H3;1-8H2;1-6H2;1-4H2;1H3;3*1H4;3-4H2/i;;;;;;1D;;;;. The van der Waals surface area contributed by atoms with Gasteiger partial charge in [0.1, 0.15) is 6.10 Å². The fourth-order valence-electron chi connectivity index (χ4n) is 10.9. The van der Waals surface area contributed by atoms with Gasteiger partial charge in [0.2, 0.25) is 6.08 Å². The minimum atomic E-state index is -0.475. The topological polar surface area (TPSA) is 375 Å². The van der Waals surface area contributed by atoms with Crippen LogP contribution in [0, 0.1) is 40.1 Å². The number of hydrogen-bond donors (Lipinski definition) is 12. The second-order valence-electron chi connectivity index (χ2n) is 26.9. The van der Waals surface area contributed by atoms with Gasteiger partial charge in [-0.05, 0) is 281 Å². The monoisotopic (exact) mass is 1480 g/mol. The molecular formula is C67H149BI2N14O2P. The molecule has 0 saturated heterocycles. The van der Waals surface area contributed by atoms with E-state index in [9.17, 15) is 4.79 Å². The van der Waals surface area contributed by atoms with E-state index in [2.05, 4.69) is 128 Å². The molecule has 87 heavy (non-hydrogen) atoms. The molecule has 3 rings (SSSR count). The molecule has 0 spiro atoms. The Kier molecular flexibility index (Phi) is 73.6. The highest BCUT2D eigenvalue weighted by molar-refractivity contribution is 14.2. The maximum absolute atomic E-state index is 10.2. The van der Waals surface area contributed by atoms with Gasteiger partial charge in [-0.25, -0.2) is 9.79 Å². The van der Waals surface area contributed by atoms with Crippen molar-refractivity contribution >= 4 is 63.4 Å². The van der Waals surface area contributed by atoms with Crippen LogP contribution in [0.4, 0.5) is 0 Å². The van der Waals surface area contributed by atoms with Crippen LogP contribution in [0.3, 0.4) is 0 Å². The minimum Gasteiger partial charge on any atom is -0.424 e. The van der Waals surface area contributed by atoms with Gasteiger partial charge >= 0.3 is 0 Å². The molecule has 1 aromatic rings. The molecule has 2 unspecified atom stereocenters. The minimum absolute atomic E-state index is 0. The number of ether oxygens (including phenoxy) is 1. The zero-order valence-corrected chi connectivity index (χ0v) is 61.3. The summed E-state index contributed by atoms with van der Waals surface area (Å²) in [6.07, 6.45) is 30.0. The van der Waals surface area contributed by atoms with E-state index < -0.39 is 5.59 Å². The largest absolute Gasteiger partial charge is 0.424 e. The summed E-state index contributed by atoms with van der Waals surface area (Å²) in [5.41, 5.74) is 67.9. The van der Waals surface area contributed by atoms with Crippen molar-refractivity contribution in [3.05, 3.63) is 34.9 Å². The summed E-state index contributed by atoms with van der Waals surface area (Å²) >= 11 is 4.02. The maximum atomic E-state index is 10.2. The Balaban J connectivity index is -0.000000161. The summed E-state index contributed by atoms with van der Waals surface area (Å²) in [4.78, 5) is 14.5. The molecular weight excluding hydrogens is 1330 g/mol. The molecule has 2 aliphatic carbocycles. The first-order valence-electron chi connectivity index (χ1n) is 32.5. The van der Waals surface area contributed by atoms with E-state index in [4.69, 9.17) is 79.9 Å². The molecule has 0 bridgehead atoms. The van der Waals surface area contributed by atoms with Crippen LogP contribution in [0.1, 0.15) is 271 Å². The van der Waals surface area contributed by atoms with Crippen molar-refractivity contribution in [3.8, 4) is 6.26 Å². The summed E-state index contributed by atoms with van der Waals surface area (Å²) in [6, 6.07) is 7.72. The SMILES string of the molecule is C.C.C.CC(C)(CCCN)CC(C)(C)c1cc(C(C)(C)C)cc(C(C)(C)CC(C)(C)CCCN)c1.CC(CN)CCCN.N#COC1CCC(CC2CCC(N=C=O)CC2)CC1.NCCCCCCN.NCCCCN.NCCN.N[B]P(N)I.[2H]CI. The lowest BCUT2D eigenvalue weighted by atomic mass is 9.65. The van der Waals surface area contributed by atoms with Crippen LogP contribution in [0.15, 0.2) is 23.2 Å². The normalized spacial score (nSPS) is 17.0. The van der Waals surface area contributed by atoms with E-state index in [0.29, 0.717) is 23.9 Å². The zero-order chi connectivity index (χ0) is 66.4. The van der Waals surface area contributed by atoms with Gasteiger partial charge in [-0.3, -0.25) is 0 Å². The molecule has 16 nitrogen and oxygen atoms in total. The smallest absolute Gasteiger partial charge is 0.286 e. The number of benzene rings is 1. The third-order valence-electron chi connectivity index (χ3n) is 15.5. The average Bonchev–Trinajstić information content (AvgIpc) is 0.945. The number of isocyanates is 1. The highest BCUT2D eigenvalue weighted by Crippen LogP contribution is 2.45. The van der Waals surface area contributed by atoms with Crippen LogP contribution in [0.25, 0.3) is 0 Å². The Morgan fingerprint density at radius 2 is 0.943 bits per heavy atom. The van der Waals surface area contributed by atoms with Crippen LogP contribution in [-0.4, -0.2) is 95.7 Å². The quantitative estimate of drug-likeness (QED) is 0.00498. The predicted octanol–water partition coefficient (Wildman–Crippen LogP) is 13.7. The molecule has 0 aromatic heterocycles. The lowest BCUT2D eigenvalue weighted by Gasteiger charge is -2.39. The lowest BCUT2D eigenvalue weighted by Crippen LogP contribution is -2.31. The number of nitriles is 1. The summed E-state index contributed by atoms with van der Waals surface area (Å²) in [7, 11) is 1.50. The number of nitrogens with two attached hydrogens (primary N) is 12. The third kappa shape index (κ3) is 61.3. The number of hydrogen-bond acceptors (Lipinski definition) is 16. The Morgan fingerprint density at radius 3 is 1.23 bits per heavy atom. The third-order valence-corrected chi connectivity index (χ3v) is 16.7. The first-order chi connectivity index (χ1) is 39.9. The fourth-order valence-corrected chi connectivity index (χ4v) is 10.9. The first-order valence-corrected chi connectivity index (χ1v) is 37.6. The van der Waals surface area contributed by atoms with E-state index >= 15 is 0 Å². The van der Waals surface area contributed by atoms with Crippen molar-refractivity contribution < 1.29 is 10.9 Å². The Morgan fingerprint density at radius 1 is 0.609 bits per heavy atom. The summed E-state index contributed by atoms with van der Waals surface area (Å²) in [5, 5.41) is 8.51. The van der Waals surface area contributed by atoms with Crippen LogP contribution in [-0.2, 0) is 25.8 Å². The molecule has 24 N–H and O–H groups in total. The Labute approximate surface area is 570 Å². The van der Waals surface area contributed by atoms with Crippen molar-refractivity contribution in [2.75, 3.05) is 70.4 Å². The summed E-state index contributed by atoms with van der Waals surface area (Å²) < 4.78 is 11.2. The molecule has 0 amide bonds.